The van der Waals surface area contributed by atoms with Gasteiger partial charge in [0.1, 0.15) is 0 Å². The molecule has 0 bridgehead atoms. The Morgan fingerprint density at radius 1 is 1.08 bits per heavy atom. The highest BCUT2D eigenvalue weighted by molar-refractivity contribution is 7.97. The number of hydrogen-bond acceptors (Lipinski definition) is 3. The molecule has 1 N–H and O–H groups in total. The molecule has 2 aromatic carbocycles. The fourth-order valence-electron chi connectivity index (χ4n) is 3.06. The van der Waals surface area contributed by atoms with Crippen LogP contribution in [0.25, 0.3) is 0 Å². The number of hydrogen-bond donors (Lipinski definition) is 1. The Bertz CT molecular complexity index is 656. The first-order chi connectivity index (χ1) is 12.2. The maximum Gasteiger partial charge on any atom is 0.251 e. The van der Waals surface area contributed by atoms with Gasteiger partial charge in [0.25, 0.3) is 5.91 Å². The Labute approximate surface area is 155 Å². The molecule has 1 unspecified atom stereocenters. The van der Waals surface area contributed by atoms with Crippen LogP contribution in [0.2, 0.25) is 0 Å². The van der Waals surface area contributed by atoms with Crippen LogP contribution in [0.15, 0.2) is 54.6 Å². The summed E-state index contributed by atoms with van der Waals surface area (Å²) in [4.78, 5) is 15.0. The van der Waals surface area contributed by atoms with E-state index in [1.807, 2.05) is 24.3 Å². The molecule has 0 fully saturated rings. The summed E-state index contributed by atoms with van der Waals surface area (Å²) in [5.41, 5.74) is 3.16. The van der Waals surface area contributed by atoms with Gasteiger partial charge in [0.2, 0.25) is 0 Å². The lowest BCUT2D eigenvalue weighted by atomic mass is 10.0. The van der Waals surface area contributed by atoms with Gasteiger partial charge in [-0.1, -0.05) is 56.3 Å². The molecule has 1 atom stereocenters. The number of thioether (sulfide) groups is 1. The molecule has 25 heavy (non-hydrogen) atoms. The molecule has 0 aliphatic carbocycles. The number of carbonyl (C=O) groups excluding carboxylic acids is 1. The normalized spacial score (nSPS) is 12.2. The van der Waals surface area contributed by atoms with Gasteiger partial charge in [-0.25, -0.2) is 0 Å². The average Bonchev–Trinajstić information content (AvgIpc) is 2.66. The third kappa shape index (κ3) is 5.62. The van der Waals surface area contributed by atoms with E-state index in [9.17, 15) is 4.79 Å². The van der Waals surface area contributed by atoms with Crippen molar-refractivity contribution in [1.29, 1.82) is 0 Å². The molecule has 2 aromatic rings. The quantitative estimate of drug-likeness (QED) is 0.724. The van der Waals surface area contributed by atoms with E-state index in [0.717, 1.165) is 24.4 Å². The van der Waals surface area contributed by atoms with Gasteiger partial charge in [-0.2, -0.15) is 11.8 Å². The maximum absolute atomic E-state index is 12.6. The van der Waals surface area contributed by atoms with Crippen LogP contribution in [0, 0.1) is 0 Å². The minimum Gasteiger partial charge on any atom is -0.350 e. The number of benzene rings is 2. The van der Waals surface area contributed by atoms with Gasteiger partial charge in [0, 0.05) is 17.9 Å². The number of rotatable bonds is 9. The third-order valence-corrected chi connectivity index (χ3v) is 5.02. The van der Waals surface area contributed by atoms with Crippen molar-refractivity contribution in [2.45, 2.75) is 25.6 Å². The second-order valence-electron chi connectivity index (χ2n) is 5.99. The molecular formula is C21H28N2OS. The zero-order chi connectivity index (χ0) is 18.1. The van der Waals surface area contributed by atoms with Crippen molar-refractivity contribution in [1.82, 2.24) is 10.2 Å². The fraction of sp³-hybridized carbons (Fsp3) is 0.381. The molecular weight excluding hydrogens is 328 g/mol. The zero-order valence-corrected chi connectivity index (χ0v) is 16.2. The predicted octanol–water partition coefficient (Wildman–Crippen LogP) is 4.36. The Morgan fingerprint density at radius 2 is 1.80 bits per heavy atom. The van der Waals surface area contributed by atoms with Crippen molar-refractivity contribution in [2.75, 3.05) is 25.9 Å². The summed E-state index contributed by atoms with van der Waals surface area (Å²) in [5, 5.41) is 3.13. The van der Waals surface area contributed by atoms with Crippen LogP contribution in [-0.4, -0.2) is 36.7 Å². The Balaban J connectivity index is 2.09. The Hall–Kier alpha value is -1.78. The lowest BCUT2D eigenvalue weighted by molar-refractivity contribution is 0.0935. The van der Waals surface area contributed by atoms with Gasteiger partial charge in [-0.3, -0.25) is 9.69 Å². The van der Waals surface area contributed by atoms with E-state index in [2.05, 4.69) is 60.7 Å². The lowest BCUT2D eigenvalue weighted by Crippen LogP contribution is -2.38. The second-order valence-corrected chi connectivity index (χ2v) is 6.86. The lowest BCUT2D eigenvalue weighted by Gasteiger charge is -2.30. The first kappa shape index (κ1) is 19.5. The van der Waals surface area contributed by atoms with E-state index in [1.54, 1.807) is 11.8 Å². The first-order valence-corrected chi connectivity index (χ1v) is 10.2. The molecule has 1 amide bonds. The first-order valence-electron chi connectivity index (χ1n) is 8.84. The van der Waals surface area contributed by atoms with E-state index >= 15 is 0 Å². The minimum absolute atomic E-state index is 0.00367. The van der Waals surface area contributed by atoms with Crippen molar-refractivity contribution in [3.8, 4) is 0 Å². The molecule has 0 saturated carbocycles. The summed E-state index contributed by atoms with van der Waals surface area (Å²) >= 11 is 1.76. The number of nitrogens with one attached hydrogen (secondary N) is 1. The molecule has 134 valence electrons. The molecule has 4 heteroatoms. The molecule has 0 spiro atoms. The van der Waals surface area contributed by atoms with Crippen molar-refractivity contribution in [3.05, 3.63) is 71.3 Å². The molecule has 0 heterocycles. The van der Waals surface area contributed by atoms with Crippen LogP contribution in [0.3, 0.4) is 0 Å². The van der Waals surface area contributed by atoms with Gasteiger partial charge in [-0.15, -0.1) is 0 Å². The minimum atomic E-state index is -0.00367. The van der Waals surface area contributed by atoms with Gasteiger partial charge < -0.3 is 5.32 Å². The van der Waals surface area contributed by atoms with Crippen molar-refractivity contribution in [2.24, 2.45) is 0 Å². The van der Waals surface area contributed by atoms with Gasteiger partial charge in [-0.05, 0) is 42.6 Å². The van der Waals surface area contributed by atoms with Crippen LogP contribution < -0.4 is 5.32 Å². The molecule has 0 saturated heterocycles. The van der Waals surface area contributed by atoms with E-state index in [4.69, 9.17) is 0 Å². The van der Waals surface area contributed by atoms with Gasteiger partial charge in [0.15, 0.2) is 0 Å². The fourth-order valence-corrected chi connectivity index (χ4v) is 3.57. The predicted molar refractivity (Wildman–Crippen MR) is 108 cm³/mol. The molecule has 0 aliphatic heterocycles. The molecule has 3 nitrogen and oxygen atoms in total. The number of amides is 1. The number of nitrogens with zero attached hydrogens (tertiary/aromatic N) is 1. The number of carbonyl (C=O) groups is 1. The molecule has 0 aromatic heterocycles. The van der Waals surface area contributed by atoms with E-state index in [-0.39, 0.29) is 11.9 Å². The largest absolute Gasteiger partial charge is 0.350 e. The van der Waals surface area contributed by atoms with Crippen LogP contribution in [-0.2, 0) is 5.75 Å². The van der Waals surface area contributed by atoms with Crippen LogP contribution >= 0.6 is 11.8 Å². The van der Waals surface area contributed by atoms with Gasteiger partial charge in [0.05, 0.1) is 6.04 Å². The average molecular weight is 357 g/mol. The monoisotopic (exact) mass is 356 g/mol. The summed E-state index contributed by atoms with van der Waals surface area (Å²) in [7, 11) is 0. The van der Waals surface area contributed by atoms with Crippen molar-refractivity contribution in [3.63, 3.8) is 0 Å². The highest BCUT2D eigenvalue weighted by Crippen LogP contribution is 2.20. The zero-order valence-electron chi connectivity index (χ0n) is 15.4. The van der Waals surface area contributed by atoms with Crippen LogP contribution in [0.5, 0.6) is 0 Å². The van der Waals surface area contributed by atoms with E-state index in [1.165, 1.54) is 11.1 Å². The van der Waals surface area contributed by atoms with Crippen molar-refractivity contribution < 1.29 is 4.79 Å². The highest BCUT2D eigenvalue weighted by Gasteiger charge is 2.19. The number of likely N-dealkylation sites (N-methyl/N-ethyl adjacent to an activating group) is 1. The van der Waals surface area contributed by atoms with Crippen LogP contribution in [0.1, 0.15) is 41.4 Å². The summed E-state index contributed by atoms with van der Waals surface area (Å²) < 4.78 is 0. The molecule has 2 rings (SSSR count). The Morgan fingerprint density at radius 3 is 2.44 bits per heavy atom. The van der Waals surface area contributed by atoms with Crippen LogP contribution in [0.4, 0.5) is 0 Å². The summed E-state index contributed by atoms with van der Waals surface area (Å²) in [5.74, 6) is 0.920. The second kappa shape index (κ2) is 10.3. The summed E-state index contributed by atoms with van der Waals surface area (Å²) in [6, 6.07) is 18.5. The molecule has 0 radical (unpaired) electrons. The highest BCUT2D eigenvalue weighted by atomic mass is 32.2. The SMILES string of the molecule is CCN(CC)C(CNC(=O)c1cccc(CSC)c1)c1ccccc1. The maximum atomic E-state index is 12.6. The van der Waals surface area contributed by atoms with E-state index in [0.29, 0.717) is 6.54 Å². The van der Waals surface area contributed by atoms with Crippen molar-refractivity contribution >= 4 is 17.7 Å². The van der Waals surface area contributed by atoms with E-state index < -0.39 is 0 Å². The van der Waals surface area contributed by atoms with Gasteiger partial charge >= 0.3 is 0 Å². The smallest absolute Gasteiger partial charge is 0.251 e. The third-order valence-electron chi connectivity index (χ3n) is 4.39. The Kier molecular flexibility index (Phi) is 8.02. The standard InChI is InChI=1S/C21H28N2OS/c1-4-23(5-2)20(18-11-7-6-8-12-18)15-22-21(24)19-13-9-10-17(14-19)16-25-3/h6-14,20H,4-5,15-16H2,1-3H3,(H,22,24). The molecule has 0 aliphatic rings. The topological polar surface area (TPSA) is 32.3 Å². The summed E-state index contributed by atoms with van der Waals surface area (Å²) in [6.45, 7) is 6.84. The summed E-state index contributed by atoms with van der Waals surface area (Å²) in [6.07, 6.45) is 2.07.